The number of carbonyl (C=O) groups excluding carboxylic acids is 2. The highest BCUT2D eigenvalue weighted by Crippen LogP contribution is 2.07. The molecular weight excluding hydrogens is 184 g/mol. The van der Waals surface area contributed by atoms with Crippen LogP contribution >= 0.6 is 0 Å². The van der Waals surface area contributed by atoms with Gasteiger partial charge in [-0.15, -0.1) is 0 Å². The molecule has 0 spiro atoms. The second-order valence-corrected chi connectivity index (χ2v) is 3.32. The number of unbranched alkanes of at least 4 members (excludes halogenated alkanes) is 2. The summed E-state index contributed by atoms with van der Waals surface area (Å²) in [5.41, 5.74) is 0. The third kappa shape index (κ3) is 2.59. The molecule has 0 radical (unpaired) electrons. The van der Waals surface area contributed by atoms with E-state index in [2.05, 4.69) is 17.6 Å². The topological polar surface area (TPSA) is 87.5 Å². The maximum atomic E-state index is 11.1. The Bertz CT molecular complexity index is 231. The molecule has 1 aliphatic rings. The Kier molecular flexibility index (Phi) is 3.70. The summed E-state index contributed by atoms with van der Waals surface area (Å²) in [5, 5.41) is 5.67. The van der Waals surface area contributed by atoms with Gasteiger partial charge in [0.2, 0.25) is 0 Å². The lowest BCUT2D eigenvalue weighted by molar-refractivity contribution is 0.139. The first-order valence-electron chi connectivity index (χ1n) is 4.80. The Balaban J connectivity index is 2.41. The SMILES string of the molecule is CCCCCC1NC(=O)NC(=O)N1N. The Morgan fingerprint density at radius 1 is 1.43 bits per heavy atom. The molecule has 1 rings (SSSR count). The summed E-state index contributed by atoms with van der Waals surface area (Å²) in [6.45, 7) is 2.09. The third-order valence-corrected chi connectivity index (χ3v) is 2.17. The minimum Gasteiger partial charge on any atom is -0.316 e. The number of rotatable bonds is 4. The van der Waals surface area contributed by atoms with Gasteiger partial charge in [0.05, 0.1) is 0 Å². The number of hydrazine groups is 1. The smallest absolute Gasteiger partial charge is 0.316 e. The van der Waals surface area contributed by atoms with E-state index in [9.17, 15) is 9.59 Å². The fourth-order valence-electron chi connectivity index (χ4n) is 1.36. The molecule has 14 heavy (non-hydrogen) atoms. The molecule has 0 bridgehead atoms. The Morgan fingerprint density at radius 3 is 2.79 bits per heavy atom. The van der Waals surface area contributed by atoms with Crippen molar-refractivity contribution >= 4 is 12.1 Å². The Morgan fingerprint density at radius 2 is 2.14 bits per heavy atom. The molecular formula is C8H16N4O2. The highest BCUT2D eigenvalue weighted by Gasteiger charge is 2.28. The number of nitrogens with zero attached hydrogens (tertiary/aromatic N) is 1. The summed E-state index contributed by atoms with van der Waals surface area (Å²) in [4.78, 5) is 22.0. The summed E-state index contributed by atoms with van der Waals surface area (Å²) in [7, 11) is 0. The first kappa shape index (κ1) is 10.8. The van der Waals surface area contributed by atoms with Crippen molar-refractivity contribution in [1.29, 1.82) is 0 Å². The van der Waals surface area contributed by atoms with Crippen molar-refractivity contribution in [1.82, 2.24) is 15.6 Å². The van der Waals surface area contributed by atoms with Crippen LogP contribution in [0.25, 0.3) is 0 Å². The molecule has 80 valence electrons. The van der Waals surface area contributed by atoms with E-state index in [1.807, 2.05) is 0 Å². The highest BCUT2D eigenvalue weighted by atomic mass is 16.2. The molecule has 6 nitrogen and oxygen atoms in total. The predicted octanol–water partition coefficient (Wildman–Crippen LogP) is 0.501. The molecule has 4 amide bonds. The second-order valence-electron chi connectivity index (χ2n) is 3.32. The maximum absolute atomic E-state index is 11.1. The number of nitrogens with two attached hydrogens (primary N) is 1. The molecule has 1 aliphatic heterocycles. The molecule has 1 atom stereocenters. The molecule has 6 heteroatoms. The molecule has 0 aromatic carbocycles. The standard InChI is InChI=1S/C8H16N4O2/c1-2-3-4-5-6-10-7(13)11-8(14)12(6)9/h6H,2-5,9H2,1H3,(H2,10,11,13,14). The van der Waals surface area contributed by atoms with Crippen LogP contribution in [0.15, 0.2) is 0 Å². The molecule has 1 saturated heterocycles. The number of imide groups is 1. The van der Waals surface area contributed by atoms with Crippen molar-refractivity contribution in [2.45, 2.75) is 38.8 Å². The number of hydrogen-bond donors (Lipinski definition) is 3. The van der Waals surface area contributed by atoms with E-state index < -0.39 is 12.1 Å². The normalized spacial score (nSPS) is 21.9. The average Bonchev–Trinajstić information content (AvgIpc) is 2.13. The lowest BCUT2D eigenvalue weighted by Crippen LogP contribution is -2.65. The Labute approximate surface area is 82.8 Å². The van der Waals surface area contributed by atoms with Crippen LogP contribution in [0, 0.1) is 0 Å². The highest BCUT2D eigenvalue weighted by molar-refractivity contribution is 5.95. The lowest BCUT2D eigenvalue weighted by Gasteiger charge is -2.32. The monoisotopic (exact) mass is 200 g/mol. The van der Waals surface area contributed by atoms with Gasteiger partial charge in [-0.05, 0) is 12.8 Å². The van der Waals surface area contributed by atoms with Gasteiger partial charge < -0.3 is 5.32 Å². The van der Waals surface area contributed by atoms with Crippen LogP contribution in [0.5, 0.6) is 0 Å². The van der Waals surface area contributed by atoms with Crippen LogP contribution in [0.2, 0.25) is 0 Å². The largest absolute Gasteiger partial charge is 0.341 e. The quantitative estimate of drug-likeness (QED) is 0.351. The van der Waals surface area contributed by atoms with Crippen molar-refractivity contribution in [3.63, 3.8) is 0 Å². The zero-order chi connectivity index (χ0) is 10.6. The Hall–Kier alpha value is -1.30. The van der Waals surface area contributed by atoms with Crippen molar-refractivity contribution in [3.05, 3.63) is 0 Å². The lowest BCUT2D eigenvalue weighted by atomic mass is 10.1. The summed E-state index contributed by atoms with van der Waals surface area (Å²) in [6.07, 6.45) is 3.44. The molecule has 1 fully saturated rings. The van der Waals surface area contributed by atoms with Crippen LogP contribution in [-0.4, -0.2) is 23.2 Å². The van der Waals surface area contributed by atoms with Crippen LogP contribution in [0.1, 0.15) is 32.6 Å². The van der Waals surface area contributed by atoms with E-state index in [0.29, 0.717) is 6.42 Å². The number of carbonyl (C=O) groups is 2. The number of hydrogen-bond acceptors (Lipinski definition) is 3. The van der Waals surface area contributed by atoms with Crippen LogP contribution in [0.3, 0.4) is 0 Å². The molecule has 1 heterocycles. The zero-order valence-corrected chi connectivity index (χ0v) is 8.25. The van der Waals surface area contributed by atoms with Crippen LogP contribution in [-0.2, 0) is 0 Å². The van der Waals surface area contributed by atoms with Gasteiger partial charge in [0.1, 0.15) is 6.17 Å². The van der Waals surface area contributed by atoms with Gasteiger partial charge in [-0.3, -0.25) is 5.32 Å². The van der Waals surface area contributed by atoms with Crippen molar-refractivity contribution in [2.75, 3.05) is 0 Å². The molecule has 0 aromatic heterocycles. The van der Waals surface area contributed by atoms with Gasteiger partial charge in [-0.25, -0.2) is 20.4 Å². The molecule has 4 N–H and O–H groups in total. The average molecular weight is 200 g/mol. The van der Waals surface area contributed by atoms with Crippen molar-refractivity contribution in [3.8, 4) is 0 Å². The van der Waals surface area contributed by atoms with E-state index in [1.165, 1.54) is 0 Å². The number of urea groups is 2. The maximum Gasteiger partial charge on any atom is 0.341 e. The zero-order valence-electron chi connectivity index (χ0n) is 8.25. The van der Waals surface area contributed by atoms with Gasteiger partial charge in [0, 0.05) is 0 Å². The summed E-state index contributed by atoms with van der Waals surface area (Å²) < 4.78 is 0. The summed E-state index contributed by atoms with van der Waals surface area (Å²) >= 11 is 0. The van der Waals surface area contributed by atoms with E-state index in [-0.39, 0.29) is 6.17 Å². The predicted molar refractivity (Wildman–Crippen MR) is 51.0 cm³/mol. The first-order chi connectivity index (χ1) is 6.65. The molecule has 0 saturated carbocycles. The minimum absolute atomic E-state index is 0.372. The number of nitrogens with one attached hydrogen (secondary N) is 2. The third-order valence-electron chi connectivity index (χ3n) is 2.17. The fourth-order valence-corrected chi connectivity index (χ4v) is 1.36. The summed E-state index contributed by atoms with van der Waals surface area (Å²) in [6, 6.07) is -1.02. The van der Waals surface area contributed by atoms with Gasteiger partial charge in [-0.1, -0.05) is 19.8 Å². The molecule has 0 aliphatic carbocycles. The number of amides is 4. The van der Waals surface area contributed by atoms with Gasteiger partial charge in [0.25, 0.3) is 0 Å². The fraction of sp³-hybridized carbons (Fsp3) is 0.750. The minimum atomic E-state index is -0.546. The van der Waals surface area contributed by atoms with Crippen LogP contribution < -0.4 is 16.5 Å². The van der Waals surface area contributed by atoms with Gasteiger partial charge >= 0.3 is 12.1 Å². The van der Waals surface area contributed by atoms with Crippen molar-refractivity contribution < 1.29 is 9.59 Å². The van der Waals surface area contributed by atoms with Gasteiger partial charge in [-0.2, -0.15) is 0 Å². The van der Waals surface area contributed by atoms with Gasteiger partial charge in [0.15, 0.2) is 0 Å². The van der Waals surface area contributed by atoms with Crippen molar-refractivity contribution in [2.24, 2.45) is 5.84 Å². The summed E-state index contributed by atoms with van der Waals surface area (Å²) in [5.74, 6) is 5.47. The van der Waals surface area contributed by atoms with E-state index in [4.69, 9.17) is 5.84 Å². The first-order valence-corrected chi connectivity index (χ1v) is 4.80. The molecule has 1 unspecified atom stereocenters. The van der Waals surface area contributed by atoms with E-state index >= 15 is 0 Å². The second kappa shape index (κ2) is 4.80. The van der Waals surface area contributed by atoms with Crippen LogP contribution in [0.4, 0.5) is 9.59 Å². The van der Waals surface area contributed by atoms with E-state index in [0.717, 1.165) is 24.3 Å². The molecule has 0 aromatic rings. The van der Waals surface area contributed by atoms with E-state index in [1.54, 1.807) is 0 Å².